The molecule has 0 saturated heterocycles. The molecule has 0 aromatic heterocycles. The first kappa shape index (κ1) is 84.1. The van der Waals surface area contributed by atoms with Gasteiger partial charge >= 0.3 is 39.5 Å². The zero-order valence-corrected chi connectivity index (χ0v) is 57.1. The number of hydrogen-bond acceptors (Lipinski definition) is 15. The Hall–Kier alpha value is -1.94. The van der Waals surface area contributed by atoms with Crippen LogP contribution in [-0.2, 0) is 65.4 Å². The number of esters is 4. The molecule has 0 bridgehead atoms. The molecule has 0 aromatic rings. The molecule has 0 aromatic carbocycles. The predicted octanol–water partition coefficient (Wildman–Crippen LogP) is 19.1. The van der Waals surface area contributed by atoms with Gasteiger partial charge in [-0.3, -0.25) is 37.3 Å². The van der Waals surface area contributed by atoms with E-state index in [9.17, 15) is 43.2 Å². The highest BCUT2D eigenvalue weighted by molar-refractivity contribution is 7.47. The van der Waals surface area contributed by atoms with E-state index < -0.39 is 97.5 Å². The first-order chi connectivity index (χ1) is 41.7. The monoisotopic (exact) mass is 1270 g/mol. The highest BCUT2D eigenvalue weighted by Crippen LogP contribution is 2.45. The molecule has 2 unspecified atom stereocenters. The minimum absolute atomic E-state index is 0.106. The molecule has 0 amide bonds. The summed E-state index contributed by atoms with van der Waals surface area (Å²) >= 11 is 0. The molecule has 0 saturated carbocycles. The number of unbranched alkanes of at least 4 members (excludes halogenated alkanes) is 42. The summed E-state index contributed by atoms with van der Waals surface area (Å²) < 4.78 is 67.9. The molecule has 19 heteroatoms. The highest BCUT2D eigenvalue weighted by Gasteiger charge is 2.30. The van der Waals surface area contributed by atoms with Gasteiger partial charge < -0.3 is 33.8 Å². The molecule has 510 valence electrons. The fourth-order valence-corrected chi connectivity index (χ4v) is 11.7. The van der Waals surface area contributed by atoms with Crippen LogP contribution in [-0.4, -0.2) is 96.7 Å². The fraction of sp³-hybridized carbons (Fsp3) is 0.940. The molecule has 0 rings (SSSR count). The standard InChI is InChI=1S/C67H130O17P2/c1-5-9-13-17-21-24-25-26-27-28-29-30-31-32-33-34-35-38-42-46-50-54-67(72)84-63(58-78-65(70)52-48-44-40-36-22-18-14-10-6-2)60-82-86(75,76)80-56-61(68)55-79-85(73,74)81-59-62(57-77-64(69)51-47-43-39-20-16-12-8-4)83-66(71)53-49-45-41-37-23-19-15-11-7-3/h61-63,68H,5-60H2,1-4H3,(H,73,74)(H,75,76)/t61-,62+,63+/m0/s1. The third-order valence-corrected chi connectivity index (χ3v) is 17.5. The molecule has 0 aliphatic heterocycles. The first-order valence-corrected chi connectivity index (χ1v) is 38.3. The second-order valence-corrected chi connectivity index (χ2v) is 27.1. The summed E-state index contributed by atoms with van der Waals surface area (Å²) in [4.78, 5) is 72.1. The summed E-state index contributed by atoms with van der Waals surface area (Å²) in [5.74, 6) is -2.14. The molecule has 0 radical (unpaired) electrons. The van der Waals surface area contributed by atoms with Crippen molar-refractivity contribution >= 4 is 39.5 Å². The van der Waals surface area contributed by atoms with Crippen LogP contribution in [0.25, 0.3) is 0 Å². The maximum absolute atomic E-state index is 13.0. The zero-order chi connectivity index (χ0) is 63.3. The van der Waals surface area contributed by atoms with Crippen molar-refractivity contribution in [1.82, 2.24) is 0 Å². The summed E-state index contributed by atoms with van der Waals surface area (Å²) in [5, 5.41) is 10.5. The van der Waals surface area contributed by atoms with E-state index in [1.165, 1.54) is 167 Å². The number of aliphatic hydroxyl groups is 1. The molecule has 3 N–H and O–H groups in total. The second-order valence-electron chi connectivity index (χ2n) is 24.2. The Morgan fingerprint density at radius 3 is 0.686 bits per heavy atom. The van der Waals surface area contributed by atoms with Crippen molar-refractivity contribution in [3.05, 3.63) is 0 Å². The van der Waals surface area contributed by atoms with E-state index >= 15 is 0 Å². The van der Waals surface area contributed by atoms with E-state index in [1.807, 2.05) is 0 Å². The lowest BCUT2D eigenvalue weighted by atomic mass is 10.0. The molecule has 0 heterocycles. The van der Waals surface area contributed by atoms with Gasteiger partial charge in [-0.2, -0.15) is 0 Å². The van der Waals surface area contributed by atoms with Crippen LogP contribution in [0, 0.1) is 0 Å². The average molecular weight is 1270 g/mol. The number of carbonyl (C=O) groups is 4. The van der Waals surface area contributed by atoms with Gasteiger partial charge in [-0.25, -0.2) is 9.13 Å². The topological polar surface area (TPSA) is 237 Å². The molecule has 86 heavy (non-hydrogen) atoms. The van der Waals surface area contributed by atoms with Crippen molar-refractivity contribution in [2.75, 3.05) is 39.6 Å². The van der Waals surface area contributed by atoms with Gasteiger partial charge in [0, 0.05) is 25.7 Å². The normalized spacial score (nSPS) is 14.1. The van der Waals surface area contributed by atoms with Gasteiger partial charge in [-0.1, -0.05) is 297 Å². The van der Waals surface area contributed by atoms with Crippen molar-refractivity contribution in [1.29, 1.82) is 0 Å². The highest BCUT2D eigenvalue weighted by atomic mass is 31.2. The maximum Gasteiger partial charge on any atom is 0.472 e. The van der Waals surface area contributed by atoms with Crippen LogP contribution >= 0.6 is 15.6 Å². The zero-order valence-electron chi connectivity index (χ0n) is 55.3. The summed E-state index contributed by atoms with van der Waals surface area (Å²) in [5.41, 5.74) is 0. The molecule has 0 spiro atoms. The van der Waals surface area contributed by atoms with Gasteiger partial charge in [0.15, 0.2) is 12.2 Å². The number of phosphoric ester groups is 2. The van der Waals surface area contributed by atoms with Crippen LogP contribution in [0.2, 0.25) is 0 Å². The first-order valence-electron chi connectivity index (χ1n) is 35.3. The number of hydrogen-bond donors (Lipinski definition) is 3. The van der Waals surface area contributed by atoms with Gasteiger partial charge in [-0.05, 0) is 25.7 Å². The van der Waals surface area contributed by atoms with Crippen LogP contribution in [0.3, 0.4) is 0 Å². The molecule has 17 nitrogen and oxygen atoms in total. The van der Waals surface area contributed by atoms with Gasteiger partial charge in [0.1, 0.15) is 19.3 Å². The Labute approximate surface area is 524 Å². The predicted molar refractivity (Wildman–Crippen MR) is 345 cm³/mol. The van der Waals surface area contributed by atoms with Crippen LogP contribution in [0.1, 0.15) is 349 Å². The quantitative estimate of drug-likeness (QED) is 0.0222. The summed E-state index contributed by atoms with van der Waals surface area (Å²) in [6, 6.07) is 0. The van der Waals surface area contributed by atoms with E-state index in [0.29, 0.717) is 25.7 Å². The van der Waals surface area contributed by atoms with Crippen molar-refractivity contribution in [2.24, 2.45) is 0 Å². The molecule has 0 aliphatic rings. The molecule has 0 aliphatic carbocycles. The number of ether oxygens (including phenoxy) is 4. The number of carbonyl (C=O) groups excluding carboxylic acids is 4. The van der Waals surface area contributed by atoms with Crippen molar-refractivity contribution < 1.29 is 80.2 Å². The van der Waals surface area contributed by atoms with Crippen molar-refractivity contribution in [3.8, 4) is 0 Å². The second kappa shape index (κ2) is 61.9. The third-order valence-electron chi connectivity index (χ3n) is 15.6. The van der Waals surface area contributed by atoms with Crippen LogP contribution in [0.15, 0.2) is 0 Å². The molecular formula is C67H130O17P2. The van der Waals surface area contributed by atoms with E-state index in [0.717, 1.165) is 103 Å². The van der Waals surface area contributed by atoms with Gasteiger partial charge in [-0.15, -0.1) is 0 Å². The SMILES string of the molecule is CCCCCCCCCCCCCCCCCCCCCCCC(=O)O[C@H](COC(=O)CCCCCCCCCCC)COP(=O)(O)OC[C@@H](O)COP(=O)(O)OC[C@@H](COC(=O)CCCCCCCCC)OC(=O)CCCCCCCCCCC. The van der Waals surface area contributed by atoms with Crippen molar-refractivity contribution in [3.63, 3.8) is 0 Å². The Kier molecular flexibility index (Phi) is 60.5. The van der Waals surface area contributed by atoms with Crippen LogP contribution in [0.5, 0.6) is 0 Å². The number of rotatable bonds is 68. The largest absolute Gasteiger partial charge is 0.472 e. The molecule has 5 atom stereocenters. The number of aliphatic hydroxyl groups excluding tert-OH is 1. The van der Waals surface area contributed by atoms with Crippen LogP contribution in [0.4, 0.5) is 0 Å². The summed E-state index contributed by atoms with van der Waals surface area (Å²) in [6.45, 7) is 4.84. The summed E-state index contributed by atoms with van der Waals surface area (Å²) in [7, 11) is -9.88. The fourth-order valence-electron chi connectivity index (χ4n) is 10.2. The Morgan fingerprint density at radius 2 is 0.465 bits per heavy atom. The van der Waals surface area contributed by atoms with Gasteiger partial charge in [0.25, 0.3) is 0 Å². The van der Waals surface area contributed by atoms with E-state index in [4.69, 9.17) is 37.0 Å². The number of phosphoric acid groups is 2. The van der Waals surface area contributed by atoms with E-state index in [1.54, 1.807) is 0 Å². The van der Waals surface area contributed by atoms with Gasteiger partial charge in [0.2, 0.25) is 0 Å². The maximum atomic E-state index is 13.0. The van der Waals surface area contributed by atoms with E-state index in [2.05, 4.69) is 27.7 Å². The van der Waals surface area contributed by atoms with Crippen molar-refractivity contribution in [2.45, 2.75) is 367 Å². The lowest BCUT2D eigenvalue weighted by molar-refractivity contribution is -0.161. The minimum Gasteiger partial charge on any atom is -0.462 e. The van der Waals surface area contributed by atoms with Gasteiger partial charge in [0.05, 0.1) is 26.4 Å². The average Bonchev–Trinajstić information content (AvgIpc) is 3.68. The molecular weight excluding hydrogens is 1140 g/mol. The Morgan fingerprint density at radius 1 is 0.279 bits per heavy atom. The Bertz CT molecular complexity index is 1650. The lowest BCUT2D eigenvalue weighted by Gasteiger charge is -2.21. The summed E-state index contributed by atoms with van der Waals surface area (Å²) in [6.07, 6.45) is 48.9. The smallest absolute Gasteiger partial charge is 0.462 e. The minimum atomic E-state index is -4.94. The lowest BCUT2D eigenvalue weighted by Crippen LogP contribution is -2.30. The Balaban J connectivity index is 5.08. The van der Waals surface area contributed by atoms with E-state index in [-0.39, 0.29) is 25.7 Å². The third kappa shape index (κ3) is 60.9. The van der Waals surface area contributed by atoms with Crippen LogP contribution < -0.4 is 0 Å². The molecule has 0 fully saturated rings.